The number of thioether (sulfide) groups is 1. The molecule has 12 heteroatoms. The van der Waals surface area contributed by atoms with Crippen LogP contribution in [0.15, 0.2) is 21.4 Å². The van der Waals surface area contributed by atoms with Gasteiger partial charge in [0.25, 0.3) is 5.91 Å². The molecule has 3 aliphatic heterocycles. The maximum absolute atomic E-state index is 12.9. The Labute approximate surface area is 209 Å². The number of carbonyl (C=O) groups excluding carboxylic acids is 3. The van der Waals surface area contributed by atoms with E-state index >= 15 is 0 Å². The van der Waals surface area contributed by atoms with Crippen LogP contribution in [0, 0.1) is 11.3 Å². The van der Waals surface area contributed by atoms with Crippen molar-refractivity contribution in [3.63, 3.8) is 0 Å². The first-order chi connectivity index (χ1) is 16.6. The molecule has 0 N–H and O–H groups in total. The lowest BCUT2D eigenvalue weighted by atomic mass is 9.92. The van der Waals surface area contributed by atoms with E-state index in [-0.39, 0.29) is 17.0 Å². The van der Waals surface area contributed by atoms with Gasteiger partial charge in [0, 0.05) is 30.3 Å². The molecule has 0 spiro atoms. The average molecular weight is 507 g/mol. The lowest BCUT2D eigenvalue weighted by Gasteiger charge is -2.47. The van der Waals surface area contributed by atoms with Crippen molar-refractivity contribution in [1.82, 2.24) is 9.80 Å². The van der Waals surface area contributed by atoms with Gasteiger partial charge < -0.3 is 14.4 Å². The first kappa shape index (κ1) is 26.9. The van der Waals surface area contributed by atoms with Crippen LogP contribution in [0.25, 0.3) is 10.4 Å². The zero-order chi connectivity index (χ0) is 25.6. The monoisotopic (exact) mass is 506 g/mol. The molecule has 3 rings (SSSR count). The molecule has 3 aliphatic rings. The van der Waals surface area contributed by atoms with Crippen LogP contribution in [0.1, 0.15) is 53.4 Å². The summed E-state index contributed by atoms with van der Waals surface area (Å²) in [6.07, 6.45) is 5.82. The molecule has 2 atom stereocenters. The van der Waals surface area contributed by atoms with E-state index in [2.05, 4.69) is 19.9 Å². The van der Waals surface area contributed by atoms with E-state index in [4.69, 9.17) is 15.0 Å². The van der Waals surface area contributed by atoms with Crippen molar-refractivity contribution in [2.24, 2.45) is 21.4 Å². The average Bonchev–Trinajstić information content (AvgIpc) is 2.82. The summed E-state index contributed by atoms with van der Waals surface area (Å²) in [5.74, 6) is -0.169. The molecule has 3 heterocycles. The topological polar surface area (TPSA) is 137 Å². The van der Waals surface area contributed by atoms with Crippen molar-refractivity contribution in [1.29, 1.82) is 0 Å². The van der Waals surface area contributed by atoms with Gasteiger partial charge in [-0.05, 0) is 64.0 Å². The molecule has 35 heavy (non-hydrogen) atoms. The number of carbonyl (C=O) groups is 3. The van der Waals surface area contributed by atoms with Gasteiger partial charge in [-0.3, -0.25) is 19.5 Å². The molecule has 1 unspecified atom stereocenters. The van der Waals surface area contributed by atoms with E-state index in [9.17, 15) is 14.4 Å². The highest BCUT2D eigenvalue weighted by molar-refractivity contribution is 8.00. The highest BCUT2D eigenvalue weighted by Gasteiger charge is 2.53. The number of β-lactam (4-membered cyclic amide) rings is 1. The van der Waals surface area contributed by atoms with E-state index in [0.29, 0.717) is 18.2 Å². The number of piperidine rings is 1. The number of aliphatic imine (C=N–C) groups is 1. The van der Waals surface area contributed by atoms with Gasteiger partial charge in [0.05, 0.1) is 11.8 Å². The minimum atomic E-state index is -0.699. The van der Waals surface area contributed by atoms with Gasteiger partial charge in [-0.1, -0.05) is 11.5 Å². The summed E-state index contributed by atoms with van der Waals surface area (Å²) in [6, 6.07) is -0.531. The van der Waals surface area contributed by atoms with Crippen LogP contribution < -0.4 is 0 Å². The number of hydrogen-bond acceptors (Lipinski definition) is 8. The quantitative estimate of drug-likeness (QED) is 0.0537. The number of hydrogen-bond donors (Lipinski definition) is 0. The maximum atomic E-state index is 12.9. The second kappa shape index (κ2) is 11.8. The molecule has 2 fully saturated rings. The van der Waals surface area contributed by atoms with Gasteiger partial charge in [0.2, 0.25) is 6.79 Å². The van der Waals surface area contributed by atoms with Crippen molar-refractivity contribution in [3.8, 4) is 0 Å². The summed E-state index contributed by atoms with van der Waals surface area (Å²) >= 11 is 1.57. The van der Waals surface area contributed by atoms with Crippen LogP contribution >= 0.6 is 11.8 Å². The Morgan fingerprint density at radius 2 is 1.97 bits per heavy atom. The van der Waals surface area contributed by atoms with Crippen molar-refractivity contribution < 1.29 is 23.9 Å². The molecule has 1 amide bonds. The molecular weight excluding hydrogens is 472 g/mol. The molecule has 0 saturated carbocycles. The second-order valence-corrected chi connectivity index (χ2v) is 11.2. The Kier molecular flexibility index (Phi) is 9.07. The molecule has 192 valence electrons. The Bertz CT molecular complexity index is 931. The lowest BCUT2D eigenvalue weighted by Crippen LogP contribution is -2.64. The smallest absolute Gasteiger partial charge is 0.357 e. The number of azide groups is 1. The standard InChI is InChI=1S/C23H34N6O5S/c1-15-12-35-20-17(25-13-28-10-7-16(8-11-28)6-5-9-26-27-24)19(30)29(20)18(15)21(31)33-14-34-22(32)23(2,3)4/h13,16-17,20H,5-12,14H2,1-4H3/t17?,20-/m1/s1. The van der Waals surface area contributed by atoms with E-state index in [0.717, 1.165) is 44.3 Å². The summed E-state index contributed by atoms with van der Waals surface area (Å²) in [5.41, 5.74) is 8.62. The van der Waals surface area contributed by atoms with Gasteiger partial charge in [-0.15, -0.1) is 11.8 Å². The Morgan fingerprint density at radius 1 is 1.26 bits per heavy atom. The Balaban J connectivity index is 1.49. The lowest BCUT2D eigenvalue weighted by molar-refractivity contribution is -0.173. The third-order valence-electron chi connectivity index (χ3n) is 6.29. The summed E-state index contributed by atoms with van der Waals surface area (Å²) in [4.78, 5) is 48.4. The van der Waals surface area contributed by atoms with E-state index < -0.39 is 30.2 Å². The summed E-state index contributed by atoms with van der Waals surface area (Å²) in [5, 5.41) is 3.34. The number of rotatable bonds is 9. The van der Waals surface area contributed by atoms with Crippen LogP contribution in [0.3, 0.4) is 0 Å². The fraction of sp³-hybridized carbons (Fsp3) is 0.739. The Morgan fingerprint density at radius 3 is 2.63 bits per heavy atom. The largest absolute Gasteiger partial charge is 0.427 e. The van der Waals surface area contributed by atoms with Crippen molar-refractivity contribution in [2.45, 2.75) is 64.8 Å². The fourth-order valence-corrected chi connectivity index (χ4v) is 5.47. The van der Waals surface area contributed by atoms with Crippen LogP contribution in [0.2, 0.25) is 0 Å². The number of nitrogens with zero attached hydrogens (tertiary/aromatic N) is 6. The minimum absolute atomic E-state index is 0.221. The molecule has 0 aliphatic carbocycles. The molecule has 11 nitrogen and oxygen atoms in total. The van der Waals surface area contributed by atoms with Gasteiger partial charge in [-0.2, -0.15) is 0 Å². The van der Waals surface area contributed by atoms with E-state index in [1.165, 1.54) is 4.90 Å². The zero-order valence-electron chi connectivity index (χ0n) is 20.8. The zero-order valence-corrected chi connectivity index (χ0v) is 21.6. The molecule has 0 bridgehead atoms. The molecule has 0 aromatic rings. The predicted molar refractivity (Wildman–Crippen MR) is 132 cm³/mol. The number of ether oxygens (including phenoxy) is 2. The fourth-order valence-electron chi connectivity index (χ4n) is 4.19. The summed E-state index contributed by atoms with van der Waals surface area (Å²) < 4.78 is 10.2. The molecule has 0 aromatic heterocycles. The first-order valence-corrected chi connectivity index (χ1v) is 13.0. The van der Waals surface area contributed by atoms with Crippen LogP contribution in [0.4, 0.5) is 0 Å². The molecule has 0 aromatic carbocycles. The van der Waals surface area contributed by atoms with Gasteiger partial charge >= 0.3 is 11.9 Å². The minimum Gasteiger partial charge on any atom is -0.427 e. The summed E-state index contributed by atoms with van der Waals surface area (Å²) in [7, 11) is 0. The third-order valence-corrected chi connectivity index (χ3v) is 7.70. The predicted octanol–water partition coefficient (Wildman–Crippen LogP) is 3.46. The number of esters is 2. The number of fused-ring (bicyclic) bond motifs is 1. The first-order valence-electron chi connectivity index (χ1n) is 11.9. The van der Waals surface area contributed by atoms with Gasteiger partial charge in [0.1, 0.15) is 11.1 Å². The highest BCUT2D eigenvalue weighted by atomic mass is 32.2. The summed E-state index contributed by atoms with van der Waals surface area (Å²) in [6.45, 7) is 8.73. The molecule has 0 radical (unpaired) electrons. The highest BCUT2D eigenvalue weighted by Crippen LogP contribution is 2.41. The van der Waals surface area contributed by atoms with Crippen molar-refractivity contribution in [2.75, 3.05) is 32.2 Å². The van der Waals surface area contributed by atoms with Gasteiger partial charge in [0.15, 0.2) is 6.04 Å². The second-order valence-electron chi connectivity index (χ2n) is 10.1. The SMILES string of the molecule is CC1=C(C(=O)OCOC(=O)C(C)(C)C)N2C(=O)C(N=CN3CCC(CCCN=[N+]=[N-])CC3)[C@H]2SC1. The van der Waals surface area contributed by atoms with E-state index in [1.54, 1.807) is 45.8 Å². The maximum Gasteiger partial charge on any atom is 0.357 e. The number of amides is 1. The van der Waals surface area contributed by atoms with Crippen LogP contribution in [-0.4, -0.2) is 77.6 Å². The molecular formula is C23H34N6O5S. The molecule has 2 saturated heterocycles. The Hall–Kier alpha value is -2.72. The van der Waals surface area contributed by atoms with Gasteiger partial charge in [-0.25, -0.2) is 4.79 Å². The van der Waals surface area contributed by atoms with Crippen LogP contribution in [-0.2, 0) is 23.9 Å². The van der Waals surface area contributed by atoms with Crippen LogP contribution in [0.5, 0.6) is 0 Å². The van der Waals surface area contributed by atoms with Crippen molar-refractivity contribution in [3.05, 3.63) is 21.7 Å². The van der Waals surface area contributed by atoms with Crippen molar-refractivity contribution >= 4 is 35.9 Å². The number of likely N-dealkylation sites (tertiary alicyclic amines) is 1. The third kappa shape index (κ3) is 6.70. The van der Waals surface area contributed by atoms with E-state index in [1.807, 2.05) is 0 Å². The normalized spacial score (nSPS) is 23.0.